The number of nitrogens with one attached hydrogen (secondary N) is 1. The van der Waals surface area contributed by atoms with E-state index in [0.29, 0.717) is 63.7 Å². The summed E-state index contributed by atoms with van der Waals surface area (Å²) in [5.74, 6) is -6.14. The maximum Gasteiger partial charge on any atom is 0.433 e. The summed E-state index contributed by atoms with van der Waals surface area (Å²) in [5.41, 5.74) is -7.24. The van der Waals surface area contributed by atoms with Crippen molar-refractivity contribution in [1.82, 2.24) is 24.9 Å². The summed E-state index contributed by atoms with van der Waals surface area (Å²) >= 11 is 0. The van der Waals surface area contributed by atoms with Crippen LogP contribution < -0.4 is 10.1 Å². The number of hydrazine groups is 1. The Balaban J connectivity index is 1.29. The van der Waals surface area contributed by atoms with Gasteiger partial charge in [0.05, 0.1) is 42.2 Å². The molecule has 2 aromatic carbocycles. The average Bonchev–Trinajstić information content (AvgIpc) is 3.63. The van der Waals surface area contributed by atoms with Gasteiger partial charge >= 0.3 is 12.4 Å². The van der Waals surface area contributed by atoms with Crippen LogP contribution in [0.15, 0.2) is 54.1 Å². The summed E-state index contributed by atoms with van der Waals surface area (Å²) in [6.45, 7) is 5.47. The van der Waals surface area contributed by atoms with Crippen LogP contribution in [-0.2, 0) is 33.2 Å². The fourth-order valence-electron chi connectivity index (χ4n) is 7.31. The van der Waals surface area contributed by atoms with E-state index in [1.54, 1.807) is 0 Å². The first kappa shape index (κ1) is 40.8. The van der Waals surface area contributed by atoms with Crippen LogP contribution in [0.3, 0.4) is 0 Å². The summed E-state index contributed by atoms with van der Waals surface area (Å²) in [6, 6.07) is 4.64. The van der Waals surface area contributed by atoms with E-state index in [-0.39, 0.29) is 36.3 Å². The molecule has 3 aliphatic rings. The molecule has 2 amide bonds. The molecular formula is C37H38F8N6O5. The Labute approximate surface area is 315 Å². The number of carbonyl (C=O) groups is 2. The highest BCUT2D eigenvalue weighted by Crippen LogP contribution is 2.45. The molecule has 1 saturated carbocycles. The minimum Gasteiger partial charge on any atom is -0.509 e. The number of ether oxygens (including phenoxy) is 2. The van der Waals surface area contributed by atoms with Gasteiger partial charge < -0.3 is 19.9 Å². The molecule has 6 rings (SSSR count). The molecular weight excluding hydrogens is 760 g/mol. The van der Waals surface area contributed by atoms with Crippen LogP contribution in [0.25, 0.3) is 11.3 Å². The molecule has 56 heavy (non-hydrogen) atoms. The molecule has 1 saturated heterocycles. The number of hydrogen-bond donors (Lipinski definition) is 2. The van der Waals surface area contributed by atoms with Crippen molar-refractivity contribution in [2.75, 3.05) is 45.3 Å². The molecule has 302 valence electrons. The van der Waals surface area contributed by atoms with Gasteiger partial charge in [-0.3, -0.25) is 19.5 Å². The molecule has 0 unspecified atom stereocenters. The van der Waals surface area contributed by atoms with Crippen molar-refractivity contribution in [1.29, 1.82) is 0 Å². The minimum absolute atomic E-state index is 0.0406. The van der Waals surface area contributed by atoms with Crippen LogP contribution >= 0.6 is 0 Å². The number of halogens is 8. The first-order valence-electron chi connectivity index (χ1n) is 17.6. The standard InChI is InChI=1S/C37H38F8N6O5/c1-34(2)19-55-14-12-50(34)13-15-56-26-9-6-21(29(38)30(26)39)18-51-33(54)28(31(52)35(49(51)3)10-4-5-11-35)32(53)48-24-8-7-22(36(40,41)42)16-23(24)25-17-27(37(43,44)45)47-20-46-25/h6-9,16-17,20,52H,4-5,10-15,18-19H2,1-3H3,(H,48,53). The molecule has 11 nitrogen and oxygen atoms in total. The van der Waals surface area contributed by atoms with Crippen molar-refractivity contribution in [3.8, 4) is 17.0 Å². The number of alkyl halides is 6. The molecule has 19 heteroatoms. The zero-order valence-corrected chi connectivity index (χ0v) is 30.5. The Bertz CT molecular complexity index is 2030. The SMILES string of the molecule is CN1N(Cc2ccc(OCCN3CCOCC3(C)C)c(F)c2F)C(=O)C(C(=O)Nc2ccc(C(F)(F)F)cc2-c2cc(C(F)(F)F)ncn2)=C(O)C12CCCC2. The average molecular weight is 799 g/mol. The lowest BCUT2D eigenvalue weighted by Gasteiger charge is -2.48. The maximum atomic E-state index is 15.6. The number of rotatable bonds is 9. The smallest absolute Gasteiger partial charge is 0.433 e. The number of aliphatic hydroxyl groups is 1. The predicted octanol–water partition coefficient (Wildman–Crippen LogP) is 6.90. The van der Waals surface area contributed by atoms with E-state index in [9.17, 15) is 41.0 Å². The highest BCUT2D eigenvalue weighted by molar-refractivity contribution is 6.24. The lowest BCUT2D eigenvalue weighted by atomic mass is 9.88. The van der Waals surface area contributed by atoms with Gasteiger partial charge in [-0.25, -0.2) is 19.4 Å². The van der Waals surface area contributed by atoms with E-state index >= 15 is 8.78 Å². The quantitative estimate of drug-likeness (QED) is 0.176. The third-order valence-corrected chi connectivity index (χ3v) is 10.5. The molecule has 3 aromatic rings. The summed E-state index contributed by atoms with van der Waals surface area (Å²) in [7, 11) is 1.44. The predicted molar refractivity (Wildman–Crippen MR) is 184 cm³/mol. The highest BCUT2D eigenvalue weighted by atomic mass is 19.4. The molecule has 1 spiro atoms. The summed E-state index contributed by atoms with van der Waals surface area (Å²) in [4.78, 5) is 37.0. The number of carbonyl (C=O) groups excluding carboxylic acids is 2. The van der Waals surface area contributed by atoms with Gasteiger partial charge in [-0.1, -0.05) is 18.9 Å². The first-order chi connectivity index (χ1) is 26.2. The van der Waals surface area contributed by atoms with Crippen LogP contribution in [0, 0.1) is 11.6 Å². The summed E-state index contributed by atoms with van der Waals surface area (Å²) in [5, 5.41) is 16.1. The fraction of sp³-hybridized carbons (Fsp3) is 0.459. The maximum absolute atomic E-state index is 15.6. The number of nitrogens with zero attached hydrogens (tertiary/aromatic N) is 5. The van der Waals surface area contributed by atoms with Gasteiger partial charge in [0, 0.05) is 36.8 Å². The minimum atomic E-state index is -4.99. The Morgan fingerprint density at radius 2 is 1.71 bits per heavy atom. The first-order valence-corrected chi connectivity index (χ1v) is 17.6. The van der Waals surface area contributed by atoms with Crippen molar-refractivity contribution in [3.63, 3.8) is 0 Å². The second-order valence-electron chi connectivity index (χ2n) is 14.4. The largest absolute Gasteiger partial charge is 0.509 e. The Hall–Kier alpha value is -4.88. The van der Waals surface area contributed by atoms with E-state index in [4.69, 9.17) is 9.47 Å². The number of anilines is 1. The van der Waals surface area contributed by atoms with Crippen molar-refractivity contribution < 1.29 is 59.3 Å². The second-order valence-corrected chi connectivity index (χ2v) is 14.4. The normalized spacial score (nSPS) is 19.2. The number of aliphatic hydroxyl groups excluding tert-OH is 1. The zero-order chi connectivity index (χ0) is 40.8. The van der Waals surface area contributed by atoms with E-state index in [0.717, 1.165) is 11.1 Å². The van der Waals surface area contributed by atoms with E-state index in [1.165, 1.54) is 24.2 Å². The number of amides is 2. The molecule has 2 fully saturated rings. The number of morpholine rings is 1. The van der Waals surface area contributed by atoms with Crippen molar-refractivity contribution in [2.45, 2.75) is 69.5 Å². The zero-order valence-electron chi connectivity index (χ0n) is 30.5. The van der Waals surface area contributed by atoms with Crippen LogP contribution in [-0.4, -0.2) is 92.8 Å². The summed E-state index contributed by atoms with van der Waals surface area (Å²) < 4.78 is 124. The van der Waals surface area contributed by atoms with Gasteiger partial charge in [0.2, 0.25) is 5.82 Å². The lowest BCUT2D eigenvalue weighted by molar-refractivity contribution is -0.163. The lowest BCUT2D eigenvalue weighted by Crippen LogP contribution is -2.62. The van der Waals surface area contributed by atoms with Gasteiger partial charge in [0.15, 0.2) is 11.6 Å². The number of likely N-dealkylation sites (N-methyl/N-ethyl adjacent to an activating group) is 1. The molecule has 0 bridgehead atoms. The van der Waals surface area contributed by atoms with Gasteiger partial charge in [-0.15, -0.1) is 0 Å². The number of aromatic nitrogens is 2. The number of benzene rings is 2. The van der Waals surface area contributed by atoms with E-state index in [1.807, 2.05) is 13.8 Å². The van der Waals surface area contributed by atoms with Crippen LogP contribution in [0.1, 0.15) is 56.4 Å². The molecule has 3 heterocycles. The third kappa shape index (κ3) is 7.88. The molecule has 1 aliphatic carbocycles. The van der Waals surface area contributed by atoms with Crippen molar-refractivity contribution >= 4 is 17.5 Å². The van der Waals surface area contributed by atoms with Gasteiger partial charge in [0.25, 0.3) is 11.8 Å². The highest BCUT2D eigenvalue weighted by Gasteiger charge is 2.53. The van der Waals surface area contributed by atoms with E-state index < -0.39 is 87.4 Å². The van der Waals surface area contributed by atoms with Crippen LogP contribution in [0.5, 0.6) is 5.75 Å². The molecule has 0 radical (unpaired) electrons. The van der Waals surface area contributed by atoms with Gasteiger partial charge in [-0.2, -0.15) is 30.7 Å². The fourth-order valence-corrected chi connectivity index (χ4v) is 7.31. The van der Waals surface area contributed by atoms with E-state index in [2.05, 4.69) is 20.2 Å². The number of hydrogen-bond acceptors (Lipinski definition) is 9. The second kappa shape index (κ2) is 15.2. The Kier molecular flexibility index (Phi) is 11.1. The molecule has 2 aliphatic heterocycles. The van der Waals surface area contributed by atoms with Crippen molar-refractivity contribution in [3.05, 3.63) is 82.5 Å². The molecule has 1 aromatic heterocycles. The van der Waals surface area contributed by atoms with Crippen LogP contribution in [0.4, 0.5) is 40.8 Å². The molecule has 0 atom stereocenters. The van der Waals surface area contributed by atoms with Crippen LogP contribution in [0.2, 0.25) is 0 Å². The van der Waals surface area contributed by atoms with Crippen molar-refractivity contribution in [2.24, 2.45) is 0 Å². The monoisotopic (exact) mass is 798 g/mol. The van der Waals surface area contributed by atoms with Gasteiger partial charge in [-0.05, 0) is 57.0 Å². The van der Waals surface area contributed by atoms with Gasteiger partial charge in [0.1, 0.15) is 30.0 Å². The third-order valence-electron chi connectivity index (χ3n) is 10.5. The summed E-state index contributed by atoms with van der Waals surface area (Å²) in [6.07, 6.45) is -7.90. The molecule has 2 N–H and O–H groups in total. The Morgan fingerprint density at radius 3 is 2.38 bits per heavy atom. The Morgan fingerprint density at radius 1 is 1.00 bits per heavy atom. The topological polar surface area (TPSA) is 120 Å².